The lowest BCUT2D eigenvalue weighted by atomic mass is 10.2. The van der Waals surface area contributed by atoms with E-state index in [1.54, 1.807) is 11.3 Å². The maximum Gasteiger partial charge on any atom is 0.105 e. The maximum absolute atomic E-state index is 8.64. The van der Waals surface area contributed by atoms with Crippen molar-refractivity contribution >= 4 is 11.3 Å². The molecule has 1 aliphatic heterocycles. The smallest absolute Gasteiger partial charge is 0.105 e. The highest BCUT2D eigenvalue weighted by atomic mass is 32.1. The van der Waals surface area contributed by atoms with E-state index in [1.165, 1.54) is 0 Å². The molecule has 0 bridgehead atoms. The van der Waals surface area contributed by atoms with Gasteiger partial charge in [-0.15, -0.1) is 11.3 Å². The molecule has 2 heterocycles. The molecule has 1 fully saturated rings. The van der Waals surface area contributed by atoms with Crippen LogP contribution in [0, 0.1) is 11.8 Å². The number of thiophene rings is 1. The van der Waals surface area contributed by atoms with Crippen molar-refractivity contribution in [1.82, 2.24) is 0 Å². The van der Waals surface area contributed by atoms with Crippen molar-refractivity contribution in [1.29, 1.82) is 0 Å². The molecule has 0 radical (unpaired) electrons. The van der Waals surface area contributed by atoms with Crippen LogP contribution in [0.1, 0.15) is 16.9 Å². The number of aliphatic hydroxyl groups excluding tert-OH is 1. The lowest BCUT2D eigenvalue weighted by Gasteiger charge is -2.25. The highest BCUT2D eigenvalue weighted by Crippen LogP contribution is 2.19. The molecule has 1 aromatic rings. The number of ether oxygens (including phenoxy) is 2. The van der Waals surface area contributed by atoms with E-state index in [0.29, 0.717) is 26.2 Å². The van der Waals surface area contributed by atoms with Gasteiger partial charge in [-0.3, -0.25) is 0 Å². The molecule has 0 saturated carbocycles. The van der Waals surface area contributed by atoms with E-state index in [1.807, 2.05) is 11.4 Å². The van der Waals surface area contributed by atoms with Crippen molar-refractivity contribution in [2.24, 2.45) is 0 Å². The summed E-state index contributed by atoms with van der Waals surface area (Å²) in [6.45, 7) is 2.13. The van der Waals surface area contributed by atoms with Gasteiger partial charge in [-0.05, 0) is 11.4 Å². The molecule has 0 unspecified atom stereocenters. The van der Waals surface area contributed by atoms with E-state index in [0.717, 1.165) is 10.4 Å². The molecule has 16 heavy (non-hydrogen) atoms. The Bertz CT molecular complexity index is 384. The zero-order valence-electron chi connectivity index (χ0n) is 8.94. The van der Waals surface area contributed by atoms with Crippen LogP contribution in [0.2, 0.25) is 0 Å². The van der Waals surface area contributed by atoms with Crippen molar-refractivity contribution in [3.63, 3.8) is 0 Å². The summed E-state index contributed by atoms with van der Waals surface area (Å²) in [7, 11) is 0. The maximum atomic E-state index is 8.64. The van der Waals surface area contributed by atoms with Crippen molar-refractivity contribution in [2.45, 2.75) is 19.1 Å². The predicted molar refractivity (Wildman–Crippen MR) is 62.3 cm³/mol. The van der Waals surface area contributed by atoms with Crippen molar-refractivity contribution in [2.75, 3.05) is 19.8 Å². The lowest BCUT2D eigenvalue weighted by Crippen LogP contribution is -2.35. The molecule has 86 valence electrons. The number of hydrogen-bond donors (Lipinski definition) is 1. The number of hydrogen-bond acceptors (Lipinski definition) is 4. The van der Waals surface area contributed by atoms with Gasteiger partial charge in [-0.1, -0.05) is 11.8 Å². The molecule has 0 atom stereocenters. The molecule has 0 aliphatic carbocycles. The highest BCUT2D eigenvalue weighted by molar-refractivity contribution is 7.10. The largest absolute Gasteiger partial charge is 0.395 e. The van der Waals surface area contributed by atoms with Crippen LogP contribution in [0.5, 0.6) is 0 Å². The Balaban J connectivity index is 1.88. The van der Waals surface area contributed by atoms with Crippen LogP contribution < -0.4 is 0 Å². The van der Waals surface area contributed by atoms with Crippen LogP contribution in [-0.4, -0.2) is 31.0 Å². The van der Waals surface area contributed by atoms with Gasteiger partial charge in [0.25, 0.3) is 0 Å². The topological polar surface area (TPSA) is 38.7 Å². The lowest BCUT2D eigenvalue weighted by molar-refractivity contribution is -0.134. The van der Waals surface area contributed by atoms with Gasteiger partial charge < -0.3 is 14.6 Å². The first-order valence-electron chi connectivity index (χ1n) is 5.25. The third kappa shape index (κ3) is 3.06. The van der Waals surface area contributed by atoms with Crippen molar-refractivity contribution in [3.05, 3.63) is 21.9 Å². The molecule has 1 aromatic heterocycles. The quantitative estimate of drug-likeness (QED) is 0.806. The Hall–Kier alpha value is -0.860. The summed E-state index contributed by atoms with van der Waals surface area (Å²) in [6, 6.07) is 1.99. The summed E-state index contributed by atoms with van der Waals surface area (Å²) in [4.78, 5) is 1.15. The zero-order chi connectivity index (χ0) is 11.2. The van der Waals surface area contributed by atoms with E-state index in [2.05, 4.69) is 11.8 Å². The van der Waals surface area contributed by atoms with E-state index in [4.69, 9.17) is 14.6 Å². The first-order chi connectivity index (χ1) is 7.90. The third-order valence-corrected chi connectivity index (χ3v) is 3.16. The Morgan fingerprint density at radius 3 is 3.12 bits per heavy atom. The van der Waals surface area contributed by atoms with Crippen LogP contribution in [0.25, 0.3) is 0 Å². The molecular formula is C12H14O3S. The minimum atomic E-state index is 0.113. The fraction of sp³-hybridized carbons (Fsp3) is 0.500. The molecule has 2 rings (SSSR count). The normalized spacial score (nSPS) is 15.3. The monoisotopic (exact) mass is 238 g/mol. The van der Waals surface area contributed by atoms with Crippen LogP contribution in [-0.2, 0) is 16.1 Å². The van der Waals surface area contributed by atoms with Crippen molar-refractivity contribution < 1.29 is 14.6 Å². The molecule has 0 aromatic carbocycles. The van der Waals surface area contributed by atoms with Gasteiger partial charge >= 0.3 is 0 Å². The average molecular weight is 238 g/mol. The molecule has 0 amide bonds. The summed E-state index contributed by atoms with van der Waals surface area (Å²) in [5.41, 5.74) is 1.01. The van der Waals surface area contributed by atoms with Gasteiger partial charge in [-0.2, -0.15) is 0 Å². The first kappa shape index (κ1) is 11.6. The fourth-order valence-electron chi connectivity index (χ4n) is 1.28. The van der Waals surface area contributed by atoms with E-state index in [-0.39, 0.29) is 12.7 Å². The molecule has 1 N–H and O–H groups in total. The van der Waals surface area contributed by atoms with Gasteiger partial charge in [-0.25, -0.2) is 0 Å². The standard InChI is InChI=1S/C12H14O3S/c13-5-2-1-3-10-4-6-16-12(10)9-15-11-7-14-8-11/h4,6,11,13H,2,5,7-9H2. The first-order valence-corrected chi connectivity index (χ1v) is 6.13. The molecule has 3 nitrogen and oxygen atoms in total. The highest BCUT2D eigenvalue weighted by Gasteiger charge is 2.19. The molecule has 1 aliphatic rings. The zero-order valence-corrected chi connectivity index (χ0v) is 9.76. The summed E-state index contributed by atoms with van der Waals surface area (Å²) in [5, 5.41) is 10.7. The van der Waals surface area contributed by atoms with Crippen LogP contribution in [0.4, 0.5) is 0 Å². The van der Waals surface area contributed by atoms with Gasteiger partial charge in [0, 0.05) is 16.9 Å². The fourth-order valence-corrected chi connectivity index (χ4v) is 2.03. The molecule has 1 saturated heterocycles. The molecule has 0 spiro atoms. The summed E-state index contributed by atoms with van der Waals surface area (Å²) in [6.07, 6.45) is 0.771. The third-order valence-electron chi connectivity index (χ3n) is 2.26. The summed E-state index contributed by atoms with van der Waals surface area (Å²) in [5.74, 6) is 5.96. The van der Waals surface area contributed by atoms with Crippen LogP contribution >= 0.6 is 11.3 Å². The van der Waals surface area contributed by atoms with Gasteiger partial charge in [0.1, 0.15) is 6.10 Å². The Morgan fingerprint density at radius 1 is 1.56 bits per heavy atom. The van der Waals surface area contributed by atoms with Gasteiger partial charge in [0.15, 0.2) is 0 Å². The summed E-state index contributed by atoms with van der Waals surface area (Å²) < 4.78 is 10.7. The molecular weight excluding hydrogens is 224 g/mol. The SMILES string of the molecule is OCCC#Cc1ccsc1COC1COC1. The van der Waals surface area contributed by atoms with E-state index >= 15 is 0 Å². The van der Waals surface area contributed by atoms with E-state index in [9.17, 15) is 0 Å². The number of aliphatic hydroxyl groups is 1. The second-order valence-corrected chi connectivity index (χ2v) is 4.50. The minimum absolute atomic E-state index is 0.113. The number of rotatable bonds is 4. The minimum Gasteiger partial charge on any atom is -0.395 e. The van der Waals surface area contributed by atoms with Gasteiger partial charge in [0.2, 0.25) is 0 Å². The van der Waals surface area contributed by atoms with E-state index < -0.39 is 0 Å². The second kappa shape index (κ2) is 6.02. The summed E-state index contributed by atoms with van der Waals surface area (Å²) >= 11 is 1.65. The Labute approximate surface area is 99.0 Å². The van der Waals surface area contributed by atoms with Gasteiger partial charge in [0.05, 0.1) is 26.4 Å². The van der Waals surface area contributed by atoms with Crippen LogP contribution in [0.3, 0.4) is 0 Å². The van der Waals surface area contributed by atoms with Crippen molar-refractivity contribution in [3.8, 4) is 11.8 Å². The Morgan fingerprint density at radius 2 is 2.44 bits per heavy atom. The Kier molecular flexibility index (Phi) is 4.37. The average Bonchev–Trinajstić information content (AvgIpc) is 2.64. The molecule has 4 heteroatoms. The predicted octanol–water partition coefficient (Wildman–Crippen LogP) is 1.40. The second-order valence-electron chi connectivity index (χ2n) is 3.50. The van der Waals surface area contributed by atoms with Crippen LogP contribution in [0.15, 0.2) is 11.4 Å².